The number of benzene rings is 1. The molecule has 0 bridgehead atoms. The summed E-state index contributed by atoms with van der Waals surface area (Å²) < 4.78 is 20.1. The topological polar surface area (TPSA) is 58.2 Å². The summed E-state index contributed by atoms with van der Waals surface area (Å²) in [5.74, 6) is 2.31. The van der Waals surface area contributed by atoms with E-state index in [1.54, 1.807) is 17.8 Å². The molecule has 5 nitrogen and oxygen atoms in total. The molecule has 2 aliphatic rings. The van der Waals surface area contributed by atoms with Crippen LogP contribution in [0, 0.1) is 11.7 Å². The van der Waals surface area contributed by atoms with Gasteiger partial charge >= 0.3 is 0 Å². The van der Waals surface area contributed by atoms with Crippen LogP contribution in [0.4, 0.5) is 4.39 Å². The van der Waals surface area contributed by atoms with Crippen LogP contribution in [0.15, 0.2) is 16.9 Å². The Morgan fingerprint density at radius 3 is 2.79 bits per heavy atom. The number of aromatic nitrogens is 2. The number of piperidine rings is 1. The molecule has 4 rings (SSSR count). The fourth-order valence-electron chi connectivity index (χ4n) is 3.51. The van der Waals surface area contributed by atoms with Crippen molar-refractivity contribution in [3.05, 3.63) is 34.1 Å². The lowest BCUT2D eigenvalue weighted by Crippen LogP contribution is -2.36. The highest BCUT2D eigenvalue weighted by atomic mass is 35.5. The van der Waals surface area contributed by atoms with Crippen LogP contribution in [-0.2, 0) is 5.75 Å². The predicted molar refractivity (Wildman–Crippen MR) is 112 cm³/mol. The van der Waals surface area contributed by atoms with E-state index < -0.39 is 11.4 Å². The number of H-pyrrole nitrogens is 1. The summed E-state index contributed by atoms with van der Waals surface area (Å²) in [4.78, 5) is 22.0. The summed E-state index contributed by atoms with van der Waals surface area (Å²) in [5.41, 5.74) is -0.0640. The second-order valence-corrected chi connectivity index (χ2v) is 9.27. The van der Waals surface area contributed by atoms with Crippen LogP contribution in [0.1, 0.15) is 31.5 Å². The smallest absolute Gasteiger partial charge is 0.261 e. The molecule has 1 aliphatic heterocycles. The fraction of sp³-hybridized carbons (Fsp3) is 0.600. The molecule has 8 heteroatoms. The number of nitrogens with one attached hydrogen (secondary N) is 1. The minimum absolute atomic E-state index is 0.00176. The van der Waals surface area contributed by atoms with Gasteiger partial charge in [-0.15, -0.1) is 11.6 Å². The third-order valence-corrected chi connectivity index (χ3v) is 6.91. The Morgan fingerprint density at radius 1 is 1.29 bits per heavy atom. The van der Waals surface area contributed by atoms with Gasteiger partial charge in [-0.3, -0.25) is 4.79 Å². The van der Waals surface area contributed by atoms with Crippen LogP contribution in [0.3, 0.4) is 0 Å². The van der Waals surface area contributed by atoms with Gasteiger partial charge in [0.2, 0.25) is 0 Å². The van der Waals surface area contributed by atoms with Crippen LogP contribution in [0.2, 0.25) is 0 Å². The Bertz CT molecular complexity index is 882. The normalized spacial score (nSPS) is 18.6. The van der Waals surface area contributed by atoms with Crippen molar-refractivity contribution in [1.82, 2.24) is 14.9 Å². The molecular formula is C20H25ClFN3O2S. The predicted octanol–water partition coefficient (Wildman–Crippen LogP) is 3.79. The van der Waals surface area contributed by atoms with Crippen LogP contribution in [-0.4, -0.2) is 52.2 Å². The zero-order chi connectivity index (χ0) is 19.5. The molecule has 1 saturated heterocycles. The largest absolute Gasteiger partial charge is 0.493 e. The first-order chi connectivity index (χ1) is 13.6. The Hall–Kier alpha value is -1.31. The minimum atomic E-state index is -0.581. The number of rotatable bonds is 8. The standard InChI is InChI=1S/C20H25ClFN3O2S/c21-5-8-25-6-3-15(4-7-25)28-12-18-23-17-10-14(27-11-13-1-2-13)9-16(22)19(17)20(26)24-18/h9-10,13,15H,1-8,11-12H2,(H,23,24,26). The summed E-state index contributed by atoms with van der Waals surface area (Å²) in [7, 11) is 0. The second-order valence-electron chi connectivity index (χ2n) is 7.61. The Morgan fingerprint density at radius 2 is 2.07 bits per heavy atom. The van der Waals surface area contributed by atoms with Crippen LogP contribution < -0.4 is 10.3 Å². The van der Waals surface area contributed by atoms with Crippen molar-refractivity contribution in [3.63, 3.8) is 0 Å². The van der Waals surface area contributed by atoms with Crippen molar-refractivity contribution in [2.24, 2.45) is 5.92 Å². The number of halogens is 2. The van der Waals surface area contributed by atoms with Crippen molar-refractivity contribution < 1.29 is 9.13 Å². The van der Waals surface area contributed by atoms with Gasteiger partial charge in [0.15, 0.2) is 0 Å². The number of alkyl halides is 1. The molecule has 2 aromatic rings. The molecule has 152 valence electrons. The molecule has 28 heavy (non-hydrogen) atoms. The van der Waals surface area contributed by atoms with E-state index in [-0.39, 0.29) is 5.39 Å². The van der Waals surface area contributed by atoms with Gasteiger partial charge in [0.05, 0.1) is 17.9 Å². The third kappa shape index (κ3) is 4.99. The second kappa shape index (κ2) is 9.01. The number of hydrogen-bond acceptors (Lipinski definition) is 5. The maximum absolute atomic E-state index is 14.4. The lowest BCUT2D eigenvalue weighted by Gasteiger charge is -2.30. The average Bonchev–Trinajstić information content (AvgIpc) is 3.50. The van der Waals surface area contributed by atoms with Crippen molar-refractivity contribution >= 4 is 34.3 Å². The Kier molecular flexibility index (Phi) is 6.43. The highest BCUT2D eigenvalue weighted by molar-refractivity contribution is 7.99. The monoisotopic (exact) mass is 425 g/mol. The van der Waals surface area contributed by atoms with Gasteiger partial charge in [-0.25, -0.2) is 9.37 Å². The zero-order valence-corrected chi connectivity index (χ0v) is 17.3. The van der Waals surface area contributed by atoms with Gasteiger partial charge in [0.25, 0.3) is 5.56 Å². The molecule has 0 radical (unpaired) electrons. The molecule has 1 N–H and O–H groups in total. The first-order valence-corrected chi connectivity index (χ1v) is 11.5. The number of nitrogens with zero attached hydrogens (tertiary/aromatic N) is 2. The van der Waals surface area contributed by atoms with Crippen LogP contribution in [0.25, 0.3) is 10.9 Å². The first kappa shape index (κ1) is 20.0. The van der Waals surface area contributed by atoms with E-state index in [2.05, 4.69) is 14.9 Å². The average molecular weight is 426 g/mol. The summed E-state index contributed by atoms with van der Waals surface area (Å²) in [6.07, 6.45) is 4.54. The molecule has 1 saturated carbocycles. The first-order valence-electron chi connectivity index (χ1n) is 9.87. The van der Waals surface area contributed by atoms with E-state index in [0.717, 1.165) is 32.5 Å². The summed E-state index contributed by atoms with van der Waals surface area (Å²) in [5, 5.41) is 0.541. The lowest BCUT2D eigenvalue weighted by atomic mass is 10.1. The zero-order valence-electron chi connectivity index (χ0n) is 15.8. The van der Waals surface area contributed by atoms with Crippen molar-refractivity contribution in [2.75, 3.05) is 32.1 Å². The number of ether oxygens (including phenoxy) is 1. The number of thioether (sulfide) groups is 1. The number of likely N-dealkylation sites (tertiary alicyclic amines) is 1. The van der Waals surface area contributed by atoms with Gasteiger partial charge in [-0.1, -0.05) is 0 Å². The highest BCUT2D eigenvalue weighted by Crippen LogP contribution is 2.30. The molecule has 1 aliphatic carbocycles. The molecule has 0 atom stereocenters. The minimum Gasteiger partial charge on any atom is -0.493 e. The molecule has 0 amide bonds. The molecule has 1 aromatic carbocycles. The maximum Gasteiger partial charge on any atom is 0.261 e. The van der Waals surface area contributed by atoms with Crippen molar-refractivity contribution in [2.45, 2.75) is 36.7 Å². The summed E-state index contributed by atoms with van der Waals surface area (Å²) >= 11 is 7.61. The van der Waals surface area contributed by atoms with Crippen molar-refractivity contribution in [1.29, 1.82) is 0 Å². The fourth-order valence-corrected chi connectivity index (χ4v) is 4.83. The SMILES string of the molecule is O=c1[nH]c(CSC2CCN(CCCl)CC2)nc2cc(OCC3CC3)cc(F)c12. The molecule has 0 spiro atoms. The van der Waals surface area contributed by atoms with Crippen LogP contribution >= 0.6 is 23.4 Å². The van der Waals surface area contributed by atoms with E-state index >= 15 is 0 Å². The molecular weight excluding hydrogens is 401 g/mol. The van der Waals surface area contributed by atoms with E-state index in [1.165, 1.54) is 18.9 Å². The Balaban J connectivity index is 1.43. The number of aromatic amines is 1. The van der Waals surface area contributed by atoms with Crippen LogP contribution in [0.5, 0.6) is 5.75 Å². The highest BCUT2D eigenvalue weighted by Gasteiger charge is 2.23. The quantitative estimate of drug-likeness (QED) is 0.652. The van der Waals surface area contributed by atoms with E-state index in [9.17, 15) is 9.18 Å². The van der Waals surface area contributed by atoms with E-state index in [0.29, 0.717) is 46.5 Å². The number of fused-ring (bicyclic) bond motifs is 1. The number of hydrogen-bond donors (Lipinski definition) is 1. The van der Waals surface area contributed by atoms with E-state index in [4.69, 9.17) is 16.3 Å². The molecule has 0 unspecified atom stereocenters. The van der Waals surface area contributed by atoms with Gasteiger partial charge in [-0.05, 0) is 44.7 Å². The molecule has 2 heterocycles. The Labute approximate surface area is 173 Å². The third-order valence-electron chi connectivity index (χ3n) is 5.36. The lowest BCUT2D eigenvalue weighted by molar-refractivity contribution is 0.246. The molecule has 1 aromatic heterocycles. The van der Waals surface area contributed by atoms with Gasteiger partial charge in [-0.2, -0.15) is 11.8 Å². The van der Waals surface area contributed by atoms with Crippen molar-refractivity contribution in [3.8, 4) is 5.75 Å². The maximum atomic E-state index is 14.4. The van der Waals surface area contributed by atoms with E-state index in [1.807, 2.05) is 0 Å². The van der Waals surface area contributed by atoms with Gasteiger partial charge < -0.3 is 14.6 Å². The summed E-state index contributed by atoms with van der Waals surface area (Å²) in [6, 6.07) is 2.96. The molecule has 2 fully saturated rings. The van der Waals surface area contributed by atoms with Gasteiger partial charge in [0, 0.05) is 29.8 Å². The van der Waals surface area contributed by atoms with Gasteiger partial charge in [0.1, 0.15) is 22.8 Å². The summed E-state index contributed by atoms with van der Waals surface area (Å²) in [6.45, 7) is 3.65.